The summed E-state index contributed by atoms with van der Waals surface area (Å²) in [5, 5.41) is 8.73. The van der Waals surface area contributed by atoms with E-state index in [0.717, 1.165) is 13.0 Å². The summed E-state index contributed by atoms with van der Waals surface area (Å²) in [7, 11) is 0. The van der Waals surface area contributed by atoms with Gasteiger partial charge >= 0.3 is 6.18 Å². The first-order valence-corrected chi connectivity index (χ1v) is 4.56. The van der Waals surface area contributed by atoms with Crippen LogP contribution in [0.4, 0.5) is 27.6 Å². The molecule has 0 amide bonds. The number of hydrogen-bond acceptors (Lipinski definition) is 2. The number of nitrogens with one attached hydrogen (secondary N) is 2. The van der Waals surface area contributed by atoms with Crippen LogP contribution in [-0.2, 0) is 0 Å². The average Bonchev–Trinajstić information content (AvgIpc) is 2.22. The predicted octanol–water partition coefficient (Wildman–Crippen LogP) is 3.25. The zero-order valence-corrected chi connectivity index (χ0v) is 8.75. The first-order valence-electron chi connectivity index (χ1n) is 4.56. The van der Waals surface area contributed by atoms with E-state index in [1.807, 2.05) is 5.32 Å². The van der Waals surface area contributed by atoms with Gasteiger partial charge in [0.15, 0.2) is 5.82 Å². The van der Waals surface area contributed by atoms with Crippen molar-refractivity contribution in [1.82, 2.24) is 0 Å². The second-order valence-corrected chi connectivity index (χ2v) is 3.37. The van der Waals surface area contributed by atoms with Crippen LogP contribution < -0.4 is 5.32 Å². The van der Waals surface area contributed by atoms with E-state index in [1.54, 1.807) is 0 Å². The molecule has 1 aromatic carbocycles. The normalized spacial score (nSPS) is 11.4. The van der Waals surface area contributed by atoms with Crippen molar-refractivity contribution in [2.75, 3.05) is 11.9 Å². The molecule has 7 heteroatoms. The lowest BCUT2D eigenvalue weighted by Crippen LogP contribution is -2.22. The number of rotatable bonds is 3. The molecule has 17 heavy (non-hydrogen) atoms. The standard InChI is InChI=1S/C10H9F5N2/c1-5-7(11)2-6(3-16)9(8(5)12)17-4-10(13,14)15/h2-3,16-17H,4H2,1H3. The Hall–Kier alpha value is -1.66. The molecule has 0 bridgehead atoms. The molecule has 0 aromatic heterocycles. The molecule has 0 spiro atoms. The SMILES string of the molecule is Cc1c(F)cc(C=N)c(NCC(F)(F)F)c1F. The van der Waals surface area contributed by atoms with Gasteiger partial charge in [-0.1, -0.05) is 0 Å². The highest BCUT2D eigenvalue weighted by atomic mass is 19.4. The molecule has 1 rings (SSSR count). The maximum absolute atomic E-state index is 13.5. The highest BCUT2D eigenvalue weighted by molar-refractivity contribution is 5.86. The topological polar surface area (TPSA) is 35.9 Å². The average molecular weight is 252 g/mol. The van der Waals surface area contributed by atoms with Gasteiger partial charge in [-0.3, -0.25) is 0 Å². The fraction of sp³-hybridized carbons (Fsp3) is 0.300. The van der Waals surface area contributed by atoms with Gasteiger partial charge in [-0.2, -0.15) is 13.2 Å². The largest absolute Gasteiger partial charge is 0.405 e. The highest BCUT2D eigenvalue weighted by Gasteiger charge is 2.28. The smallest absolute Gasteiger partial charge is 0.374 e. The molecule has 0 radical (unpaired) electrons. The Morgan fingerprint density at radius 1 is 1.35 bits per heavy atom. The van der Waals surface area contributed by atoms with Crippen molar-refractivity contribution in [3.05, 3.63) is 28.8 Å². The molecule has 0 aliphatic carbocycles. The fourth-order valence-corrected chi connectivity index (χ4v) is 1.22. The molecule has 0 saturated carbocycles. The van der Waals surface area contributed by atoms with Crippen molar-refractivity contribution in [3.8, 4) is 0 Å². The molecule has 0 saturated heterocycles. The van der Waals surface area contributed by atoms with Crippen LogP contribution in [0.15, 0.2) is 6.07 Å². The minimum absolute atomic E-state index is 0.269. The number of benzene rings is 1. The van der Waals surface area contributed by atoms with E-state index < -0.39 is 30.0 Å². The van der Waals surface area contributed by atoms with Crippen LogP contribution in [0.25, 0.3) is 0 Å². The van der Waals surface area contributed by atoms with E-state index in [2.05, 4.69) is 0 Å². The molecule has 2 nitrogen and oxygen atoms in total. The van der Waals surface area contributed by atoms with Crippen LogP contribution in [0.1, 0.15) is 11.1 Å². The summed E-state index contributed by atoms with van der Waals surface area (Å²) >= 11 is 0. The second kappa shape index (κ2) is 4.68. The zero-order valence-electron chi connectivity index (χ0n) is 8.75. The molecule has 0 atom stereocenters. The van der Waals surface area contributed by atoms with Gasteiger partial charge in [-0.15, -0.1) is 0 Å². The second-order valence-electron chi connectivity index (χ2n) is 3.37. The lowest BCUT2D eigenvalue weighted by atomic mass is 10.1. The Kier molecular flexibility index (Phi) is 3.69. The van der Waals surface area contributed by atoms with E-state index in [1.165, 1.54) is 0 Å². The van der Waals surface area contributed by atoms with Crippen LogP contribution >= 0.6 is 0 Å². The van der Waals surface area contributed by atoms with Gasteiger partial charge in [0.2, 0.25) is 0 Å². The van der Waals surface area contributed by atoms with Crippen LogP contribution in [0.2, 0.25) is 0 Å². The third kappa shape index (κ3) is 3.15. The Labute approximate surface area is 94.0 Å². The third-order valence-electron chi connectivity index (χ3n) is 2.10. The Bertz CT molecular complexity index is 439. The van der Waals surface area contributed by atoms with E-state index in [4.69, 9.17) is 5.41 Å². The third-order valence-corrected chi connectivity index (χ3v) is 2.10. The fourth-order valence-electron chi connectivity index (χ4n) is 1.22. The minimum atomic E-state index is -4.52. The summed E-state index contributed by atoms with van der Waals surface area (Å²) in [6.07, 6.45) is -3.93. The summed E-state index contributed by atoms with van der Waals surface area (Å²) in [6.45, 7) is -0.340. The summed E-state index contributed by atoms with van der Waals surface area (Å²) < 4.78 is 62.5. The lowest BCUT2D eigenvalue weighted by molar-refractivity contribution is -0.115. The Morgan fingerprint density at radius 3 is 2.41 bits per heavy atom. The molecule has 1 aromatic rings. The summed E-state index contributed by atoms with van der Waals surface area (Å²) in [5.74, 6) is -2.02. The quantitative estimate of drug-likeness (QED) is 0.628. The van der Waals surface area contributed by atoms with Crippen molar-refractivity contribution in [1.29, 1.82) is 5.41 Å². The molecule has 0 unspecified atom stereocenters. The Balaban J connectivity index is 3.13. The highest BCUT2D eigenvalue weighted by Crippen LogP contribution is 2.26. The van der Waals surface area contributed by atoms with Crippen molar-refractivity contribution in [2.45, 2.75) is 13.1 Å². The maximum Gasteiger partial charge on any atom is 0.405 e. The van der Waals surface area contributed by atoms with E-state index in [0.29, 0.717) is 6.21 Å². The lowest BCUT2D eigenvalue weighted by Gasteiger charge is -2.14. The van der Waals surface area contributed by atoms with Gasteiger partial charge in [-0.25, -0.2) is 8.78 Å². The summed E-state index contributed by atoms with van der Waals surface area (Å²) in [5.41, 5.74) is -1.17. The van der Waals surface area contributed by atoms with Crippen molar-refractivity contribution < 1.29 is 22.0 Å². The predicted molar refractivity (Wildman–Crippen MR) is 53.5 cm³/mol. The van der Waals surface area contributed by atoms with Gasteiger partial charge in [0.1, 0.15) is 12.4 Å². The van der Waals surface area contributed by atoms with Crippen molar-refractivity contribution in [2.24, 2.45) is 0 Å². The zero-order chi connectivity index (χ0) is 13.2. The van der Waals surface area contributed by atoms with Gasteiger partial charge in [0.05, 0.1) is 5.69 Å². The summed E-state index contributed by atoms with van der Waals surface area (Å²) in [6, 6.07) is 0.810. The van der Waals surface area contributed by atoms with Crippen LogP contribution in [0.3, 0.4) is 0 Å². The van der Waals surface area contributed by atoms with Gasteiger partial charge in [-0.05, 0) is 13.0 Å². The van der Waals surface area contributed by atoms with Crippen molar-refractivity contribution in [3.63, 3.8) is 0 Å². The van der Waals surface area contributed by atoms with Crippen LogP contribution in [0, 0.1) is 24.0 Å². The van der Waals surface area contributed by atoms with E-state index in [9.17, 15) is 22.0 Å². The Morgan fingerprint density at radius 2 is 1.94 bits per heavy atom. The number of hydrogen-bond donors (Lipinski definition) is 2. The molecular formula is C10H9F5N2. The molecule has 0 aliphatic rings. The first-order chi connectivity index (χ1) is 7.76. The summed E-state index contributed by atoms with van der Waals surface area (Å²) in [4.78, 5) is 0. The van der Waals surface area contributed by atoms with Gasteiger partial charge < -0.3 is 10.7 Å². The van der Waals surface area contributed by atoms with Gasteiger partial charge in [0, 0.05) is 17.3 Å². The maximum atomic E-state index is 13.5. The molecular weight excluding hydrogens is 243 g/mol. The number of anilines is 1. The number of alkyl halides is 3. The van der Waals surface area contributed by atoms with Gasteiger partial charge in [0.25, 0.3) is 0 Å². The minimum Gasteiger partial charge on any atom is -0.374 e. The van der Waals surface area contributed by atoms with Crippen LogP contribution in [-0.4, -0.2) is 18.9 Å². The van der Waals surface area contributed by atoms with E-state index >= 15 is 0 Å². The molecule has 0 fully saturated rings. The molecule has 0 aliphatic heterocycles. The van der Waals surface area contributed by atoms with Crippen LogP contribution in [0.5, 0.6) is 0 Å². The molecule has 0 heterocycles. The first kappa shape index (κ1) is 13.4. The molecule has 2 N–H and O–H groups in total. The monoisotopic (exact) mass is 252 g/mol. The van der Waals surface area contributed by atoms with Crippen molar-refractivity contribution >= 4 is 11.9 Å². The number of halogens is 5. The van der Waals surface area contributed by atoms with E-state index in [-0.39, 0.29) is 11.1 Å². The molecule has 94 valence electrons.